The molecular weight excluding hydrogens is 282 g/mol. The number of carbonyl (C=O) groups is 3. The number of carbonyl (C=O) groups excluding carboxylic acids is 3. The van der Waals surface area contributed by atoms with Gasteiger partial charge in [0, 0.05) is 12.0 Å². The van der Waals surface area contributed by atoms with E-state index >= 15 is 0 Å². The first-order valence-electron chi connectivity index (χ1n) is 8.10. The molecule has 0 radical (unpaired) electrons. The molecule has 0 aromatic rings. The van der Waals surface area contributed by atoms with Crippen LogP contribution < -0.4 is 16.0 Å². The molecule has 0 unspecified atom stereocenters. The second kappa shape index (κ2) is 8.76. The molecule has 1 aliphatic rings. The van der Waals surface area contributed by atoms with Gasteiger partial charge in [-0.15, -0.1) is 0 Å². The molecule has 22 heavy (non-hydrogen) atoms. The minimum absolute atomic E-state index is 0.0748. The molecule has 0 aromatic heterocycles. The largest absolute Gasteiger partial charge is 0.350 e. The quantitative estimate of drug-likeness (QED) is 0.686. The maximum absolute atomic E-state index is 11.8. The van der Waals surface area contributed by atoms with Gasteiger partial charge in [-0.1, -0.05) is 19.3 Å². The molecule has 126 valence electrons. The Morgan fingerprint density at radius 3 is 2.00 bits per heavy atom. The highest BCUT2D eigenvalue weighted by atomic mass is 16.2. The molecule has 3 amide bonds. The van der Waals surface area contributed by atoms with E-state index in [1.165, 1.54) is 19.3 Å². The van der Waals surface area contributed by atoms with Gasteiger partial charge in [0.15, 0.2) is 0 Å². The monoisotopic (exact) mass is 311 g/mol. The molecule has 1 fully saturated rings. The SMILES string of the molecule is CC(C)(C)NC(=O)CNC(=O)CNC(=O)CC1CCCCC1. The lowest BCUT2D eigenvalue weighted by atomic mass is 9.87. The van der Waals surface area contributed by atoms with E-state index in [1.807, 2.05) is 20.8 Å². The molecule has 0 bridgehead atoms. The van der Waals surface area contributed by atoms with Gasteiger partial charge < -0.3 is 16.0 Å². The van der Waals surface area contributed by atoms with Crippen LogP contribution in [0.25, 0.3) is 0 Å². The van der Waals surface area contributed by atoms with Crippen molar-refractivity contribution in [2.24, 2.45) is 5.92 Å². The summed E-state index contributed by atoms with van der Waals surface area (Å²) in [5.74, 6) is -0.217. The van der Waals surface area contributed by atoms with E-state index in [0.29, 0.717) is 12.3 Å². The Labute approximate surface area is 132 Å². The summed E-state index contributed by atoms with van der Waals surface area (Å²) in [5.41, 5.74) is -0.323. The number of hydrogen-bond donors (Lipinski definition) is 3. The minimum Gasteiger partial charge on any atom is -0.350 e. The first kappa shape index (κ1) is 18.5. The molecule has 0 spiro atoms. The Kier molecular flexibility index (Phi) is 7.35. The molecule has 1 rings (SSSR count). The molecule has 0 atom stereocenters. The Morgan fingerprint density at radius 1 is 0.864 bits per heavy atom. The van der Waals surface area contributed by atoms with Crippen LogP contribution in [0.3, 0.4) is 0 Å². The second-order valence-electron chi connectivity index (χ2n) is 7.06. The second-order valence-corrected chi connectivity index (χ2v) is 7.06. The Balaban J connectivity index is 2.14. The van der Waals surface area contributed by atoms with Crippen molar-refractivity contribution in [3.63, 3.8) is 0 Å². The maximum atomic E-state index is 11.8. The van der Waals surface area contributed by atoms with E-state index in [-0.39, 0.29) is 36.3 Å². The lowest BCUT2D eigenvalue weighted by Gasteiger charge is -2.21. The number of nitrogens with one attached hydrogen (secondary N) is 3. The molecule has 1 saturated carbocycles. The third-order valence-corrected chi connectivity index (χ3v) is 3.61. The zero-order valence-electron chi connectivity index (χ0n) is 14.0. The fraction of sp³-hybridized carbons (Fsp3) is 0.812. The summed E-state index contributed by atoms with van der Waals surface area (Å²) in [5, 5.41) is 7.87. The Morgan fingerprint density at radius 2 is 1.41 bits per heavy atom. The van der Waals surface area contributed by atoms with Crippen LogP contribution in [0, 0.1) is 5.92 Å². The van der Waals surface area contributed by atoms with Crippen LogP contribution in [0.5, 0.6) is 0 Å². The fourth-order valence-corrected chi connectivity index (χ4v) is 2.61. The van der Waals surface area contributed by atoms with E-state index in [2.05, 4.69) is 16.0 Å². The van der Waals surface area contributed by atoms with Gasteiger partial charge in [-0.2, -0.15) is 0 Å². The summed E-state index contributed by atoms with van der Waals surface area (Å²) in [7, 11) is 0. The van der Waals surface area contributed by atoms with Crippen molar-refractivity contribution in [3.8, 4) is 0 Å². The summed E-state index contributed by atoms with van der Waals surface area (Å²) in [6, 6.07) is 0. The van der Waals surface area contributed by atoms with Gasteiger partial charge in [-0.05, 0) is 39.5 Å². The van der Waals surface area contributed by atoms with Crippen LogP contribution in [0.1, 0.15) is 59.3 Å². The lowest BCUT2D eigenvalue weighted by molar-refractivity contribution is -0.128. The van der Waals surface area contributed by atoms with Crippen LogP contribution >= 0.6 is 0 Å². The van der Waals surface area contributed by atoms with Crippen molar-refractivity contribution in [1.82, 2.24) is 16.0 Å². The summed E-state index contributed by atoms with van der Waals surface area (Å²) < 4.78 is 0. The average molecular weight is 311 g/mol. The van der Waals surface area contributed by atoms with E-state index in [9.17, 15) is 14.4 Å². The van der Waals surface area contributed by atoms with Gasteiger partial charge in [0.2, 0.25) is 17.7 Å². The number of amides is 3. The van der Waals surface area contributed by atoms with Crippen molar-refractivity contribution >= 4 is 17.7 Å². The Hall–Kier alpha value is -1.59. The summed E-state index contributed by atoms with van der Waals surface area (Å²) in [6.07, 6.45) is 6.36. The highest BCUT2D eigenvalue weighted by molar-refractivity contribution is 5.88. The summed E-state index contributed by atoms with van der Waals surface area (Å²) >= 11 is 0. The summed E-state index contributed by atoms with van der Waals surface area (Å²) in [6.45, 7) is 5.47. The third kappa shape index (κ3) is 8.64. The van der Waals surface area contributed by atoms with Gasteiger partial charge in [-0.3, -0.25) is 14.4 Å². The van der Waals surface area contributed by atoms with E-state index < -0.39 is 0 Å². The molecule has 0 aromatic carbocycles. The minimum atomic E-state index is -0.346. The molecule has 6 nitrogen and oxygen atoms in total. The van der Waals surface area contributed by atoms with Crippen molar-refractivity contribution in [2.45, 2.75) is 64.8 Å². The molecule has 6 heteroatoms. The normalized spacial score (nSPS) is 16.0. The van der Waals surface area contributed by atoms with Gasteiger partial charge in [0.25, 0.3) is 0 Å². The molecule has 1 aliphatic carbocycles. The van der Waals surface area contributed by atoms with Crippen LogP contribution in [0.4, 0.5) is 0 Å². The predicted molar refractivity (Wildman–Crippen MR) is 85.1 cm³/mol. The van der Waals surface area contributed by atoms with E-state index in [1.54, 1.807) is 0 Å². The zero-order valence-corrected chi connectivity index (χ0v) is 14.0. The molecule has 0 saturated heterocycles. The van der Waals surface area contributed by atoms with Crippen LogP contribution in [-0.4, -0.2) is 36.3 Å². The van der Waals surface area contributed by atoms with Crippen molar-refractivity contribution in [3.05, 3.63) is 0 Å². The first-order chi connectivity index (χ1) is 10.3. The number of hydrogen-bond acceptors (Lipinski definition) is 3. The zero-order chi connectivity index (χ0) is 16.6. The molecule has 3 N–H and O–H groups in total. The van der Waals surface area contributed by atoms with Crippen LogP contribution in [0.15, 0.2) is 0 Å². The predicted octanol–water partition coefficient (Wildman–Crippen LogP) is 1.10. The standard InChI is InChI=1S/C16H29N3O3/c1-16(2,3)19-15(22)11-18-14(21)10-17-13(20)9-12-7-5-4-6-8-12/h12H,4-11H2,1-3H3,(H,17,20)(H,18,21)(H,19,22). The van der Waals surface area contributed by atoms with Crippen LogP contribution in [0.2, 0.25) is 0 Å². The van der Waals surface area contributed by atoms with Crippen molar-refractivity contribution < 1.29 is 14.4 Å². The third-order valence-electron chi connectivity index (χ3n) is 3.61. The lowest BCUT2D eigenvalue weighted by Crippen LogP contribution is -2.47. The summed E-state index contributed by atoms with van der Waals surface area (Å²) in [4.78, 5) is 34.9. The average Bonchev–Trinajstić information content (AvgIpc) is 2.42. The van der Waals surface area contributed by atoms with Crippen molar-refractivity contribution in [1.29, 1.82) is 0 Å². The molecule has 0 heterocycles. The smallest absolute Gasteiger partial charge is 0.239 e. The molecule has 0 aliphatic heterocycles. The van der Waals surface area contributed by atoms with Gasteiger partial charge in [-0.25, -0.2) is 0 Å². The molecular formula is C16H29N3O3. The van der Waals surface area contributed by atoms with Crippen molar-refractivity contribution in [2.75, 3.05) is 13.1 Å². The van der Waals surface area contributed by atoms with E-state index in [0.717, 1.165) is 12.8 Å². The fourth-order valence-electron chi connectivity index (χ4n) is 2.61. The maximum Gasteiger partial charge on any atom is 0.239 e. The van der Waals surface area contributed by atoms with Crippen LogP contribution in [-0.2, 0) is 14.4 Å². The Bertz CT molecular complexity index is 396. The van der Waals surface area contributed by atoms with Gasteiger partial charge in [0.1, 0.15) is 0 Å². The highest BCUT2D eigenvalue weighted by Crippen LogP contribution is 2.25. The van der Waals surface area contributed by atoms with E-state index in [4.69, 9.17) is 0 Å². The first-order valence-corrected chi connectivity index (χ1v) is 8.10. The van der Waals surface area contributed by atoms with Gasteiger partial charge >= 0.3 is 0 Å². The highest BCUT2D eigenvalue weighted by Gasteiger charge is 2.18. The number of rotatable bonds is 6. The topological polar surface area (TPSA) is 87.3 Å². The van der Waals surface area contributed by atoms with Gasteiger partial charge in [0.05, 0.1) is 13.1 Å².